The number of tetrazole rings is 1. The van der Waals surface area contributed by atoms with E-state index in [4.69, 9.17) is 5.73 Å². The SMILES string of the molecule is CCC[C@H](C(=O)O)[C@H](Cc1cccc(N2CC[C@H](N)C2)c1)c1nn[nH]n1. The van der Waals surface area contributed by atoms with Crippen LogP contribution in [0.4, 0.5) is 5.69 Å². The molecule has 0 spiro atoms. The molecule has 0 amide bonds. The second-order valence-electron chi connectivity index (χ2n) is 6.98. The number of carboxylic acids is 1. The Labute approximate surface area is 152 Å². The number of aliphatic carboxylic acids is 1. The van der Waals surface area contributed by atoms with Crippen molar-refractivity contribution in [3.63, 3.8) is 0 Å². The fourth-order valence-corrected chi connectivity index (χ4v) is 3.70. The van der Waals surface area contributed by atoms with Gasteiger partial charge in [-0.05, 0) is 37.0 Å². The van der Waals surface area contributed by atoms with Gasteiger partial charge in [-0.2, -0.15) is 5.21 Å². The maximum Gasteiger partial charge on any atom is 0.307 e. The largest absolute Gasteiger partial charge is 0.481 e. The number of aromatic amines is 1. The minimum Gasteiger partial charge on any atom is -0.481 e. The van der Waals surface area contributed by atoms with E-state index < -0.39 is 11.9 Å². The molecule has 1 aliphatic rings. The van der Waals surface area contributed by atoms with Gasteiger partial charge >= 0.3 is 5.97 Å². The normalized spacial score (nSPS) is 19.5. The Bertz CT molecular complexity index is 720. The molecule has 140 valence electrons. The molecule has 3 atom stereocenters. The maximum absolute atomic E-state index is 11.8. The maximum atomic E-state index is 11.8. The summed E-state index contributed by atoms with van der Waals surface area (Å²) >= 11 is 0. The summed E-state index contributed by atoms with van der Waals surface area (Å²) in [5.41, 5.74) is 8.22. The van der Waals surface area contributed by atoms with E-state index in [0.717, 1.165) is 37.2 Å². The van der Waals surface area contributed by atoms with Crippen molar-refractivity contribution < 1.29 is 9.90 Å². The Kier molecular flexibility index (Phi) is 5.82. The molecule has 2 aromatic rings. The lowest BCUT2D eigenvalue weighted by Gasteiger charge is -2.23. The van der Waals surface area contributed by atoms with Gasteiger partial charge in [-0.1, -0.05) is 30.7 Å². The van der Waals surface area contributed by atoms with Crippen molar-refractivity contribution in [3.05, 3.63) is 35.7 Å². The highest BCUT2D eigenvalue weighted by Crippen LogP contribution is 2.31. The number of nitrogens with two attached hydrogens (primary N) is 1. The molecular weight excluding hydrogens is 332 g/mol. The first kappa shape index (κ1) is 18.3. The van der Waals surface area contributed by atoms with Crippen molar-refractivity contribution >= 4 is 11.7 Å². The van der Waals surface area contributed by atoms with Crippen LogP contribution >= 0.6 is 0 Å². The summed E-state index contributed by atoms with van der Waals surface area (Å²) in [5, 5.41) is 23.9. The van der Waals surface area contributed by atoms with E-state index in [-0.39, 0.29) is 12.0 Å². The van der Waals surface area contributed by atoms with Crippen molar-refractivity contribution in [2.24, 2.45) is 11.7 Å². The zero-order chi connectivity index (χ0) is 18.5. The molecule has 1 aromatic heterocycles. The smallest absolute Gasteiger partial charge is 0.307 e. The van der Waals surface area contributed by atoms with Gasteiger partial charge in [0.15, 0.2) is 5.82 Å². The number of benzene rings is 1. The Morgan fingerprint density at radius 1 is 1.50 bits per heavy atom. The second-order valence-corrected chi connectivity index (χ2v) is 6.98. The molecule has 4 N–H and O–H groups in total. The average molecular weight is 358 g/mol. The zero-order valence-electron chi connectivity index (χ0n) is 15.0. The highest BCUT2D eigenvalue weighted by Gasteiger charge is 2.32. The predicted octanol–water partition coefficient (Wildman–Crippen LogP) is 1.56. The first-order valence-corrected chi connectivity index (χ1v) is 9.14. The van der Waals surface area contributed by atoms with E-state index in [9.17, 15) is 9.90 Å². The van der Waals surface area contributed by atoms with Gasteiger partial charge in [-0.3, -0.25) is 4.79 Å². The molecule has 1 fully saturated rings. The first-order valence-electron chi connectivity index (χ1n) is 9.14. The summed E-state index contributed by atoms with van der Waals surface area (Å²) in [6.45, 7) is 3.79. The lowest BCUT2D eigenvalue weighted by Crippen LogP contribution is -2.26. The Balaban J connectivity index is 1.84. The van der Waals surface area contributed by atoms with Crippen molar-refractivity contribution in [2.75, 3.05) is 18.0 Å². The van der Waals surface area contributed by atoms with Crippen LogP contribution in [0.15, 0.2) is 24.3 Å². The van der Waals surface area contributed by atoms with Crippen molar-refractivity contribution in [1.82, 2.24) is 20.6 Å². The van der Waals surface area contributed by atoms with Gasteiger partial charge in [0.1, 0.15) is 0 Å². The van der Waals surface area contributed by atoms with E-state index in [1.54, 1.807) is 0 Å². The van der Waals surface area contributed by atoms with Crippen LogP contribution in [-0.4, -0.2) is 50.8 Å². The van der Waals surface area contributed by atoms with Gasteiger partial charge in [0, 0.05) is 30.7 Å². The fraction of sp³-hybridized carbons (Fsp3) is 0.556. The van der Waals surface area contributed by atoms with E-state index in [1.807, 2.05) is 19.1 Å². The number of anilines is 1. The summed E-state index contributed by atoms with van der Waals surface area (Å²) < 4.78 is 0. The number of H-pyrrole nitrogens is 1. The third-order valence-corrected chi connectivity index (χ3v) is 5.05. The number of hydrogen-bond acceptors (Lipinski definition) is 6. The average Bonchev–Trinajstić information content (AvgIpc) is 3.30. The van der Waals surface area contributed by atoms with E-state index in [0.29, 0.717) is 18.7 Å². The van der Waals surface area contributed by atoms with Crippen LogP contribution in [-0.2, 0) is 11.2 Å². The molecule has 0 bridgehead atoms. The molecule has 1 aliphatic heterocycles. The van der Waals surface area contributed by atoms with Crippen LogP contribution < -0.4 is 10.6 Å². The molecule has 0 aliphatic carbocycles. The van der Waals surface area contributed by atoms with Gasteiger partial charge in [0.2, 0.25) is 0 Å². The van der Waals surface area contributed by atoms with E-state index in [1.165, 1.54) is 0 Å². The summed E-state index contributed by atoms with van der Waals surface area (Å²) in [5.74, 6) is -1.22. The number of hydrogen-bond donors (Lipinski definition) is 3. The molecule has 3 rings (SSSR count). The van der Waals surface area contributed by atoms with Crippen molar-refractivity contribution in [1.29, 1.82) is 0 Å². The van der Waals surface area contributed by atoms with Crippen LogP contribution in [0.25, 0.3) is 0 Å². The van der Waals surface area contributed by atoms with Crippen LogP contribution in [0.3, 0.4) is 0 Å². The number of nitrogens with one attached hydrogen (secondary N) is 1. The van der Waals surface area contributed by atoms with Gasteiger partial charge in [0.25, 0.3) is 0 Å². The number of nitrogens with zero attached hydrogens (tertiary/aromatic N) is 4. The van der Waals surface area contributed by atoms with Crippen LogP contribution in [0.2, 0.25) is 0 Å². The summed E-state index contributed by atoms with van der Waals surface area (Å²) in [6.07, 6.45) is 2.92. The summed E-state index contributed by atoms with van der Waals surface area (Å²) in [6, 6.07) is 8.45. The van der Waals surface area contributed by atoms with Gasteiger partial charge < -0.3 is 15.7 Å². The highest BCUT2D eigenvalue weighted by molar-refractivity contribution is 5.71. The zero-order valence-corrected chi connectivity index (χ0v) is 15.0. The van der Waals surface area contributed by atoms with Crippen molar-refractivity contribution in [3.8, 4) is 0 Å². The third kappa shape index (κ3) is 4.19. The Morgan fingerprint density at radius 3 is 2.96 bits per heavy atom. The number of carboxylic acid groups (broad SMARTS) is 1. The topological polar surface area (TPSA) is 121 Å². The molecular formula is C18H26N6O2. The van der Waals surface area contributed by atoms with Crippen LogP contribution in [0.1, 0.15) is 43.5 Å². The number of aromatic nitrogens is 4. The molecule has 8 nitrogen and oxygen atoms in total. The van der Waals surface area contributed by atoms with Crippen LogP contribution in [0, 0.1) is 5.92 Å². The van der Waals surface area contributed by atoms with Gasteiger partial charge in [-0.25, -0.2) is 0 Å². The Morgan fingerprint density at radius 2 is 2.35 bits per heavy atom. The lowest BCUT2D eigenvalue weighted by atomic mass is 9.83. The fourth-order valence-electron chi connectivity index (χ4n) is 3.70. The van der Waals surface area contributed by atoms with Crippen molar-refractivity contribution in [2.45, 2.75) is 44.6 Å². The molecule has 1 saturated heterocycles. The third-order valence-electron chi connectivity index (χ3n) is 5.05. The molecule has 8 heteroatoms. The number of carbonyl (C=O) groups is 1. The quantitative estimate of drug-likeness (QED) is 0.655. The molecule has 2 heterocycles. The standard InChI is InChI=1S/C18H26N6O2/c1-2-4-15(18(25)26)16(17-20-22-23-21-17)10-12-5-3-6-14(9-12)24-8-7-13(19)11-24/h3,5-6,9,13,15-16H,2,4,7-8,10-11,19H2,1H3,(H,25,26)(H,20,21,22,23)/t13-,15-,16-/m0/s1. The first-order chi connectivity index (χ1) is 12.6. The van der Waals surface area contributed by atoms with E-state index in [2.05, 4.69) is 37.7 Å². The second kappa shape index (κ2) is 8.27. The molecule has 1 aromatic carbocycles. The van der Waals surface area contributed by atoms with E-state index >= 15 is 0 Å². The predicted molar refractivity (Wildman–Crippen MR) is 97.9 cm³/mol. The molecule has 0 saturated carbocycles. The van der Waals surface area contributed by atoms with Gasteiger partial charge in [0.05, 0.1) is 5.92 Å². The molecule has 26 heavy (non-hydrogen) atoms. The van der Waals surface area contributed by atoms with Crippen LogP contribution in [0.5, 0.6) is 0 Å². The number of rotatable bonds is 8. The minimum atomic E-state index is -0.816. The minimum absolute atomic E-state index is 0.215. The molecule has 0 radical (unpaired) electrons. The lowest BCUT2D eigenvalue weighted by molar-refractivity contribution is -0.142. The summed E-state index contributed by atoms with van der Waals surface area (Å²) in [7, 11) is 0. The Hall–Kier alpha value is -2.48. The molecule has 0 unspecified atom stereocenters. The van der Waals surface area contributed by atoms with Gasteiger partial charge in [-0.15, -0.1) is 10.2 Å². The highest BCUT2D eigenvalue weighted by atomic mass is 16.4. The monoisotopic (exact) mass is 358 g/mol. The summed E-state index contributed by atoms with van der Waals surface area (Å²) in [4.78, 5) is 14.1.